The van der Waals surface area contributed by atoms with E-state index in [0.717, 1.165) is 18.2 Å². The Morgan fingerprint density at radius 3 is 2.30 bits per heavy atom. The number of nitrogens with zero attached hydrogens (tertiary/aromatic N) is 3. The molecule has 0 saturated carbocycles. The highest BCUT2D eigenvalue weighted by molar-refractivity contribution is 5.72. The van der Waals surface area contributed by atoms with Crippen LogP contribution in [0.2, 0.25) is 0 Å². The van der Waals surface area contributed by atoms with Crippen molar-refractivity contribution < 1.29 is 26.3 Å². The molecule has 2 heterocycles. The first kappa shape index (κ1) is 18.6. The third-order valence-electron chi connectivity index (χ3n) is 3.50. The van der Waals surface area contributed by atoms with Gasteiger partial charge in [-0.25, -0.2) is 4.98 Å². The van der Waals surface area contributed by atoms with Crippen LogP contribution in [-0.4, -0.2) is 20.4 Å². The molecule has 0 atom stereocenters. The lowest BCUT2D eigenvalue weighted by molar-refractivity contribution is -0.141. The number of nitrogens with one attached hydrogen (secondary N) is 1. The highest BCUT2D eigenvalue weighted by atomic mass is 19.4. The van der Waals surface area contributed by atoms with Crippen LogP contribution in [0.1, 0.15) is 22.5 Å². The summed E-state index contributed by atoms with van der Waals surface area (Å²) in [4.78, 5) is 3.44. The van der Waals surface area contributed by atoms with Gasteiger partial charge in [-0.15, -0.1) is 0 Å². The Hall–Kier alpha value is -3.17. The molecular formula is C17H10F6N4. The minimum Gasteiger partial charge on any atom is -0.244 e. The van der Waals surface area contributed by atoms with Crippen LogP contribution in [0.3, 0.4) is 0 Å². The number of alkyl halides is 6. The van der Waals surface area contributed by atoms with E-state index in [-0.39, 0.29) is 22.5 Å². The average molecular weight is 384 g/mol. The molecule has 10 heteroatoms. The summed E-state index contributed by atoms with van der Waals surface area (Å²) in [7, 11) is 0. The normalized spacial score (nSPS) is 12.7. The largest absolute Gasteiger partial charge is 0.433 e. The second kappa shape index (κ2) is 6.86. The summed E-state index contributed by atoms with van der Waals surface area (Å²) in [5.41, 5.74) is -1.55. The quantitative estimate of drug-likeness (QED) is 0.641. The Labute approximate surface area is 148 Å². The zero-order chi connectivity index (χ0) is 19.7. The first-order valence-electron chi connectivity index (χ1n) is 7.44. The number of H-pyrrole nitrogens is 1. The fraction of sp³-hybridized carbons (Fsp3) is 0.118. The van der Waals surface area contributed by atoms with E-state index in [0.29, 0.717) is 0 Å². The molecule has 0 bridgehead atoms. The van der Waals surface area contributed by atoms with Gasteiger partial charge in [0, 0.05) is 5.56 Å². The summed E-state index contributed by atoms with van der Waals surface area (Å²) in [5.74, 6) is 0. The third-order valence-corrected chi connectivity index (χ3v) is 3.50. The zero-order valence-electron chi connectivity index (χ0n) is 13.3. The van der Waals surface area contributed by atoms with Gasteiger partial charge in [0.1, 0.15) is 11.4 Å². The van der Waals surface area contributed by atoms with Crippen molar-refractivity contribution in [3.8, 4) is 11.3 Å². The molecule has 4 nitrogen and oxygen atoms in total. The summed E-state index contributed by atoms with van der Waals surface area (Å²) in [5, 5.41) is 9.61. The molecule has 0 saturated heterocycles. The molecule has 0 aliphatic carbocycles. The van der Waals surface area contributed by atoms with Gasteiger partial charge in [0.15, 0.2) is 0 Å². The van der Waals surface area contributed by atoms with Crippen LogP contribution in [0.5, 0.6) is 0 Å². The predicted molar refractivity (Wildman–Crippen MR) is 85.0 cm³/mol. The van der Waals surface area contributed by atoms with Crippen molar-refractivity contribution in [2.24, 2.45) is 0 Å². The van der Waals surface area contributed by atoms with Crippen LogP contribution in [0, 0.1) is 0 Å². The number of aromatic amines is 1. The molecule has 140 valence electrons. The topological polar surface area (TPSA) is 54.5 Å². The van der Waals surface area contributed by atoms with Crippen molar-refractivity contribution in [2.75, 3.05) is 0 Å². The Morgan fingerprint density at radius 2 is 1.67 bits per heavy atom. The first-order chi connectivity index (χ1) is 12.6. The molecule has 0 aliphatic rings. The van der Waals surface area contributed by atoms with E-state index >= 15 is 0 Å². The molecule has 0 spiro atoms. The van der Waals surface area contributed by atoms with Crippen LogP contribution in [-0.2, 0) is 12.4 Å². The summed E-state index contributed by atoms with van der Waals surface area (Å²) in [6.45, 7) is 0. The maximum Gasteiger partial charge on any atom is 0.433 e. The van der Waals surface area contributed by atoms with Gasteiger partial charge in [-0.05, 0) is 42.0 Å². The number of aromatic nitrogens is 4. The summed E-state index contributed by atoms with van der Waals surface area (Å²) in [6, 6.07) is 6.51. The predicted octanol–water partition coefficient (Wildman–Crippen LogP) is 5.07. The average Bonchev–Trinajstić information content (AvgIpc) is 3.13. The molecule has 2 aromatic heterocycles. The minimum absolute atomic E-state index is 0.0368. The number of halogens is 6. The Balaban J connectivity index is 1.99. The van der Waals surface area contributed by atoms with Gasteiger partial charge in [-0.3, -0.25) is 0 Å². The van der Waals surface area contributed by atoms with Crippen LogP contribution in [0.25, 0.3) is 23.4 Å². The number of hydrogen-bond acceptors (Lipinski definition) is 3. The van der Waals surface area contributed by atoms with Crippen LogP contribution in [0.15, 0.2) is 42.6 Å². The molecule has 0 amide bonds. The summed E-state index contributed by atoms with van der Waals surface area (Å²) in [6.07, 6.45) is -5.49. The van der Waals surface area contributed by atoms with Crippen molar-refractivity contribution in [1.82, 2.24) is 20.4 Å². The Morgan fingerprint density at radius 1 is 0.889 bits per heavy atom. The molecule has 0 unspecified atom stereocenters. The number of pyridine rings is 1. The molecule has 0 fully saturated rings. The zero-order valence-corrected chi connectivity index (χ0v) is 13.3. The molecule has 1 N–H and O–H groups in total. The van der Waals surface area contributed by atoms with E-state index < -0.39 is 23.6 Å². The molecule has 0 radical (unpaired) electrons. The van der Waals surface area contributed by atoms with Gasteiger partial charge in [0.2, 0.25) is 0 Å². The highest BCUT2D eigenvalue weighted by Gasteiger charge is 2.32. The molecule has 0 aliphatic heterocycles. The number of rotatable bonds is 3. The molecule has 1 aromatic carbocycles. The smallest absolute Gasteiger partial charge is 0.244 e. The van der Waals surface area contributed by atoms with Gasteiger partial charge < -0.3 is 0 Å². The molecule has 3 aromatic rings. The summed E-state index contributed by atoms with van der Waals surface area (Å²) < 4.78 is 77.5. The highest BCUT2D eigenvalue weighted by Crippen LogP contribution is 2.33. The lowest BCUT2D eigenvalue weighted by Gasteiger charge is -2.10. The van der Waals surface area contributed by atoms with Crippen molar-refractivity contribution >= 4 is 12.2 Å². The Bertz CT molecular complexity index is 958. The Kier molecular flexibility index (Phi) is 4.73. The van der Waals surface area contributed by atoms with Crippen molar-refractivity contribution in [3.63, 3.8) is 0 Å². The van der Waals surface area contributed by atoms with Crippen LogP contribution >= 0.6 is 0 Å². The lowest BCUT2D eigenvalue weighted by Crippen LogP contribution is -2.08. The van der Waals surface area contributed by atoms with E-state index in [9.17, 15) is 26.3 Å². The van der Waals surface area contributed by atoms with Gasteiger partial charge in [-0.2, -0.15) is 41.8 Å². The van der Waals surface area contributed by atoms with Gasteiger partial charge in [0.25, 0.3) is 0 Å². The van der Waals surface area contributed by atoms with Crippen molar-refractivity contribution in [3.05, 3.63) is 65.1 Å². The van der Waals surface area contributed by atoms with E-state index in [1.165, 1.54) is 36.5 Å². The lowest BCUT2D eigenvalue weighted by atomic mass is 10.0. The fourth-order valence-corrected chi connectivity index (χ4v) is 2.28. The fourth-order valence-electron chi connectivity index (χ4n) is 2.28. The van der Waals surface area contributed by atoms with E-state index in [1.54, 1.807) is 0 Å². The second-order valence-electron chi connectivity index (χ2n) is 5.48. The van der Waals surface area contributed by atoms with E-state index in [2.05, 4.69) is 20.4 Å². The first-order valence-corrected chi connectivity index (χ1v) is 7.44. The SMILES string of the molecule is FC(F)(F)c1cc(/C=C/c2cccc(C(F)(F)F)n2)cc(-c2cn[nH]n2)c1. The maximum atomic E-state index is 13.1. The number of benzene rings is 1. The van der Waals surface area contributed by atoms with Crippen LogP contribution < -0.4 is 0 Å². The summed E-state index contributed by atoms with van der Waals surface area (Å²) >= 11 is 0. The van der Waals surface area contributed by atoms with E-state index in [4.69, 9.17) is 0 Å². The molecular weight excluding hydrogens is 374 g/mol. The third kappa shape index (κ3) is 4.52. The van der Waals surface area contributed by atoms with Gasteiger partial charge >= 0.3 is 12.4 Å². The molecule has 27 heavy (non-hydrogen) atoms. The minimum atomic E-state index is -4.61. The molecule has 3 rings (SSSR count). The second-order valence-corrected chi connectivity index (χ2v) is 5.48. The van der Waals surface area contributed by atoms with E-state index in [1.807, 2.05) is 0 Å². The maximum absolute atomic E-state index is 13.1. The number of hydrogen-bond donors (Lipinski definition) is 1. The monoisotopic (exact) mass is 384 g/mol. The van der Waals surface area contributed by atoms with Gasteiger partial charge in [-0.1, -0.05) is 12.1 Å². The standard InChI is InChI=1S/C17H10F6N4/c18-16(19,20)12-7-10(6-11(8-12)14-9-24-27-26-14)4-5-13-2-1-3-15(25-13)17(21,22)23/h1-9H,(H,24,26,27)/b5-4+. The van der Waals surface area contributed by atoms with Gasteiger partial charge in [0.05, 0.1) is 17.5 Å². The van der Waals surface area contributed by atoms with Crippen molar-refractivity contribution in [2.45, 2.75) is 12.4 Å². The van der Waals surface area contributed by atoms with Crippen LogP contribution in [0.4, 0.5) is 26.3 Å². The van der Waals surface area contributed by atoms with Crippen molar-refractivity contribution in [1.29, 1.82) is 0 Å².